The molecule has 1 aliphatic heterocycles. The molecule has 2 fully saturated rings. The molecule has 168 valence electrons. The Morgan fingerprint density at radius 3 is 2.48 bits per heavy atom. The minimum absolute atomic E-state index is 0. The van der Waals surface area contributed by atoms with E-state index in [4.69, 9.17) is 4.43 Å². The van der Waals surface area contributed by atoms with Crippen molar-refractivity contribution in [2.75, 3.05) is 12.3 Å². The van der Waals surface area contributed by atoms with Crippen molar-refractivity contribution in [3.8, 4) is 0 Å². The van der Waals surface area contributed by atoms with Crippen LogP contribution in [0, 0.1) is 5.92 Å². The van der Waals surface area contributed by atoms with Crippen molar-refractivity contribution < 1.29 is 23.9 Å². The molecule has 2 aliphatic rings. The fraction of sp³-hybridized carbons (Fsp3) is 0.857. The Hall–Kier alpha value is -0.863. The summed E-state index contributed by atoms with van der Waals surface area (Å²) in [4.78, 5) is 37.7. The molecule has 1 unspecified atom stereocenters. The van der Waals surface area contributed by atoms with E-state index in [1.54, 1.807) is 11.8 Å². The molecule has 8 heteroatoms. The van der Waals surface area contributed by atoms with E-state index < -0.39 is 20.3 Å². The number of Topliss-reactive ketones (excluding diaryl/α,β-unsaturated/α-hetero) is 1. The maximum atomic E-state index is 12.7. The van der Waals surface area contributed by atoms with Crippen LogP contribution in [0.4, 0.5) is 0 Å². The highest BCUT2D eigenvalue weighted by atomic mass is 32.2. The first kappa shape index (κ1) is 26.2. The van der Waals surface area contributed by atoms with Crippen molar-refractivity contribution in [3.05, 3.63) is 0 Å². The van der Waals surface area contributed by atoms with Crippen LogP contribution in [0.25, 0.3) is 0 Å². The number of rotatable bonds is 7. The number of carboxylic acids is 1. The summed E-state index contributed by atoms with van der Waals surface area (Å²) in [6.07, 6.45) is 2.13. The number of amides is 1. The fourth-order valence-electron chi connectivity index (χ4n) is 3.54. The number of carbonyl (C=O) groups is 3. The van der Waals surface area contributed by atoms with E-state index in [9.17, 15) is 19.5 Å². The van der Waals surface area contributed by atoms with E-state index in [1.807, 2.05) is 6.92 Å². The molecule has 1 amide bonds. The van der Waals surface area contributed by atoms with Gasteiger partial charge < -0.3 is 14.4 Å². The first-order valence-corrected chi connectivity index (χ1v) is 14.1. The van der Waals surface area contributed by atoms with Crippen molar-refractivity contribution in [1.29, 1.82) is 0 Å². The molecule has 0 aromatic carbocycles. The quantitative estimate of drug-likeness (QED) is 0.592. The van der Waals surface area contributed by atoms with E-state index >= 15 is 0 Å². The summed E-state index contributed by atoms with van der Waals surface area (Å²) < 4.78 is 6.51. The second kappa shape index (κ2) is 9.96. The molecule has 1 heterocycles. The number of ketones is 1. The van der Waals surface area contributed by atoms with Crippen LogP contribution in [0.15, 0.2) is 0 Å². The average molecular weight is 446 g/mol. The highest BCUT2D eigenvalue weighted by molar-refractivity contribution is 8.00. The highest BCUT2D eigenvalue weighted by Gasteiger charge is 2.44. The molecular weight excluding hydrogens is 406 g/mol. The van der Waals surface area contributed by atoms with Gasteiger partial charge in [-0.25, -0.2) is 4.79 Å². The Kier molecular flexibility index (Phi) is 8.99. The lowest BCUT2D eigenvalue weighted by atomic mass is 10.1. The summed E-state index contributed by atoms with van der Waals surface area (Å²) in [5.41, 5.74) is 0. The summed E-state index contributed by atoms with van der Waals surface area (Å²) in [6, 6.07) is -0.692. The molecule has 4 atom stereocenters. The molecule has 0 radical (unpaired) electrons. The number of carbonyl (C=O) groups excluding carboxylic acids is 2. The number of likely N-dealkylation sites (tertiary alicyclic amines) is 1. The van der Waals surface area contributed by atoms with Crippen LogP contribution < -0.4 is 0 Å². The first-order valence-electron chi connectivity index (χ1n) is 10.2. The minimum Gasteiger partial charge on any atom is -0.480 e. The van der Waals surface area contributed by atoms with Crippen LogP contribution in [0.1, 0.15) is 60.8 Å². The maximum Gasteiger partial charge on any atom is 0.326 e. The molecule has 0 aromatic heterocycles. The lowest BCUT2D eigenvalue weighted by molar-refractivity contribution is -0.149. The van der Waals surface area contributed by atoms with Crippen LogP contribution >= 0.6 is 11.8 Å². The Morgan fingerprint density at radius 1 is 1.31 bits per heavy atom. The van der Waals surface area contributed by atoms with E-state index in [1.165, 1.54) is 4.90 Å². The standard InChI is InChI=1S/C20H35NO5SSi.CH4/c1-13(18(23)21-9-7-8-15(21)19(24)25)12-27-17-11-14(22)10-16(17)26-28(5,6)20(2,3)4;/h13,15-17H,7-12H2,1-6H3,(H,24,25);1H4/t13-,15?,16-,17-;/m0./s1. The number of thioether (sulfide) groups is 1. The van der Waals surface area contributed by atoms with Crippen LogP contribution in [-0.4, -0.2) is 65.7 Å². The van der Waals surface area contributed by atoms with Crippen molar-refractivity contribution in [2.45, 2.75) is 96.3 Å². The molecule has 0 spiro atoms. The zero-order valence-electron chi connectivity index (χ0n) is 18.0. The van der Waals surface area contributed by atoms with Gasteiger partial charge in [0.1, 0.15) is 11.8 Å². The van der Waals surface area contributed by atoms with E-state index in [0.29, 0.717) is 31.6 Å². The lowest BCUT2D eigenvalue weighted by Crippen LogP contribution is -2.45. The van der Waals surface area contributed by atoms with Gasteiger partial charge in [0, 0.05) is 36.3 Å². The number of nitrogens with zero attached hydrogens (tertiary/aromatic N) is 1. The second-order valence-electron chi connectivity index (χ2n) is 9.66. The Morgan fingerprint density at radius 2 is 1.93 bits per heavy atom. The third-order valence-corrected chi connectivity index (χ3v) is 12.4. The van der Waals surface area contributed by atoms with Gasteiger partial charge in [-0.05, 0) is 31.0 Å². The van der Waals surface area contributed by atoms with Crippen LogP contribution in [0.2, 0.25) is 18.1 Å². The van der Waals surface area contributed by atoms with Crippen molar-refractivity contribution in [1.82, 2.24) is 4.90 Å². The molecule has 6 nitrogen and oxygen atoms in total. The zero-order chi connectivity index (χ0) is 21.3. The zero-order valence-corrected chi connectivity index (χ0v) is 19.8. The first-order chi connectivity index (χ1) is 12.8. The number of aliphatic carboxylic acids is 1. The van der Waals surface area contributed by atoms with E-state index in [0.717, 1.165) is 6.42 Å². The van der Waals surface area contributed by atoms with Gasteiger partial charge in [-0.3, -0.25) is 9.59 Å². The number of hydrogen-bond donors (Lipinski definition) is 1. The molecule has 1 N–H and O–H groups in total. The van der Waals surface area contributed by atoms with Crippen molar-refractivity contribution in [2.24, 2.45) is 5.92 Å². The summed E-state index contributed by atoms with van der Waals surface area (Å²) in [5.74, 6) is -0.477. The largest absolute Gasteiger partial charge is 0.480 e. The molecule has 1 saturated heterocycles. The minimum atomic E-state index is -1.97. The van der Waals surface area contributed by atoms with Gasteiger partial charge in [0.05, 0.1) is 6.10 Å². The smallest absolute Gasteiger partial charge is 0.326 e. The maximum absolute atomic E-state index is 12.7. The summed E-state index contributed by atoms with van der Waals surface area (Å²) >= 11 is 1.63. The predicted molar refractivity (Wildman–Crippen MR) is 121 cm³/mol. The van der Waals surface area contributed by atoms with Crippen LogP contribution in [0.3, 0.4) is 0 Å². The number of hydrogen-bond acceptors (Lipinski definition) is 5. The average Bonchev–Trinajstić information content (AvgIpc) is 3.17. The lowest BCUT2D eigenvalue weighted by Gasteiger charge is -2.39. The number of carboxylic acid groups (broad SMARTS) is 1. The summed E-state index contributed by atoms with van der Waals surface area (Å²) in [7, 11) is -1.97. The molecular formula is C21H39NO5SSi. The van der Waals surface area contributed by atoms with Gasteiger partial charge in [0.15, 0.2) is 8.32 Å². The molecule has 1 aliphatic carbocycles. The highest BCUT2D eigenvalue weighted by Crippen LogP contribution is 2.41. The van der Waals surface area contributed by atoms with Gasteiger partial charge in [0.2, 0.25) is 5.91 Å². The third kappa shape index (κ3) is 6.31. The van der Waals surface area contributed by atoms with Gasteiger partial charge >= 0.3 is 5.97 Å². The predicted octanol–water partition coefficient (Wildman–Crippen LogP) is 4.19. The Balaban J connectivity index is 0.00000420. The van der Waals surface area contributed by atoms with E-state index in [-0.39, 0.29) is 41.4 Å². The normalized spacial score (nSPS) is 26.3. The Labute approximate surface area is 181 Å². The molecule has 2 rings (SSSR count). The van der Waals surface area contributed by atoms with E-state index in [2.05, 4.69) is 33.9 Å². The summed E-state index contributed by atoms with van der Waals surface area (Å²) in [5, 5.41) is 9.46. The Bertz CT molecular complexity index is 619. The van der Waals surface area contributed by atoms with Crippen LogP contribution in [-0.2, 0) is 18.8 Å². The SMILES string of the molecule is C.C[C@@H](CS[C@H]1CC(=O)C[C@@H]1O[Si](C)(C)C(C)(C)C)C(=O)N1CCCC1C(=O)O. The summed E-state index contributed by atoms with van der Waals surface area (Å²) in [6.45, 7) is 13.3. The van der Waals surface area contributed by atoms with Gasteiger partial charge in [0.25, 0.3) is 0 Å². The molecule has 0 aromatic rings. The fourth-order valence-corrected chi connectivity index (χ4v) is 6.35. The van der Waals surface area contributed by atoms with Gasteiger partial charge in [-0.2, -0.15) is 11.8 Å². The molecule has 29 heavy (non-hydrogen) atoms. The van der Waals surface area contributed by atoms with Gasteiger partial charge in [-0.15, -0.1) is 0 Å². The topological polar surface area (TPSA) is 83.9 Å². The molecule has 0 bridgehead atoms. The van der Waals surface area contributed by atoms with Crippen molar-refractivity contribution >= 4 is 37.7 Å². The second-order valence-corrected chi connectivity index (χ2v) is 15.7. The molecule has 1 saturated carbocycles. The third-order valence-electron chi connectivity index (χ3n) is 6.33. The van der Waals surface area contributed by atoms with Gasteiger partial charge in [-0.1, -0.05) is 35.1 Å². The van der Waals surface area contributed by atoms with Crippen molar-refractivity contribution in [3.63, 3.8) is 0 Å². The monoisotopic (exact) mass is 445 g/mol. The van der Waals surface area contributed by atoms with Crippen LogP contribution in [0.5, 0.6) is 0 Å².